The van der Waals surface area contributed by atoms with Gasteiger partial charge in [0, 0.05) is 54.8 Å². The third-order valence-corrected chi connectivity index (χ3v) is 8.58. The number of rotatable bonds is 6. The molecule has 0 radical (unpaired) electrons. The molecule has 1 unspecified atom stereocenters. The Balaban J connectivity index is 1.26. The summed E-state index contributed by atoms with van der Waals surface area (Å²) in [6.45, 7) is 5.61. The number of nitrogens with one attached hydrogen (secondary N) is 1. The van der Waals surface area contributed by atoms with Gasteiger partial charge in [-0.2, -0.15) is 0 Å². The van der Waals surface area contributed by atoms with E-state index in [1.54, 1.807) is 0 Å². The van der Waals surface area contributed by atoms with Gasteiger partial charge in [-0.15, -0.1) is 0 Å². The smallest absolute Gasteiger partial charge is 0.253 e. The molecule has 0 saturated carbocycles. The van der Waals surface area contributed by atoms with Gasteiger partial charge < -0.3 is 15.1 Å². The summed E-state index contributed by atoms with van der Waals surface area (Å²) in [6, 6.07) is 17.6. The van der Waals surface area contributed by atoms with Crippen molar-refractivity contribution in [3.8, 4) is 0 Å². The first-order valence-electron chi connectivity index (χ1n) is 13.4. The fourth-order valence-electron chi connectivity index (χ4n) is 5.75. The number of hydrogen-bond acceptors (Lipinski definition) is 4. The van der Waals surface area contributed by atoms with Gasteiger partial charge in [0.2, 0.25) is 5.91 Å². The summed E-state index contributed by atoms with van der Waals surface area (Å²) in [5, 5.41) is 3.83. The highest BCUT2D eigenvalue weighted by Crippen LogP contribution is 2.35. The van der Waals surface area contributed by atoms with Crippen LogP contribution in [0, 0.1) is 0 Å². The van der Waals surface area contributed by atoms with Gasteiger partial charge in [-0.25, -0.2) is 0 Å². The number of fused-ring (bicyclic) bond motifs is 1. The minimum Gasteiger partial charge on any atom is -0.371 e. The number of benzene rings is 2. The molecular weight excluding hydrogens is 496 g/mol. The van der Waals surface area contributed by atoms with Crippen molar-refractivity contribution in [3.63, 3.8) is 0 Å². The summed E-state index contributed by atoms with van der Waals surface area (Å²) >= 11 is 6.41. The fourth-order valence-corrected chi connectivity index (χ4v) is 6.12. The zero-order valence-corrected chi connectivity index (χ0v) is 23.0. The Morgan fingerprint density at radius 2 is 1.74 bits per heavy atom. The second kappa shape index (κ2) is 10.8. The average molecular weight is 531 g/mol. The number of halogens is 1. The van der Waals surface area contributed by atoms with Gasteiger partial charge in [0.15, 0.2) is 0 Å². The molecule has 0 spiro atoms. The lowest BCUT2D eigenvalue weighted by Crippen LogP contribution is -2.45. The molecule has 1 saturated heterocycles. The molecule has 198 valence electrons. The van der Waals surface area contributed by atoms with Crippen LogP contribution in [0.4, 0.5) is 5.69 Å². The van der Waals surface area contributed by atoms with Crippen molar-refractivity contribution in [3.05, 3.63) is 94.3 Å². The Hall–Kier alpha value is -3.38. The molecule has 1 aromatic heterocycles. The standard InChI is InChI=1S/C31H35ClN4O2/c1-31(2,26-6-4-5-7-27(26)32)30(38)34-28-11-10-21-8-9-22(20-25(21)28)29(37)35(3)23-14-18-36(19-15-23)24-12-16-33-17-13-24/h4-9,12-13,16-17,20,23,28H,10-11,14-15,18-19H2,1-3H3,(H,34,38). The SMILES string of the molecule is CN(C(=O)c1ccc2c(c1)C(NC(=O)C(C)(C)c1ccccc1Cl)CC2)C1CCN(c2ccncc2)CC1. The predicted octanol–water partition coefficient (Wildman–Crippen LogP) is 5.56. The molecule has 38 heavy (non-hydrogen) atoms. The van der Waals surface area contributed by atoms with E-state index in [0.717, 1.165) is 49.9 Å². The summed E-state index contributed by atoms with van der Waals surface area (Å²) in [7, 11) is 1.91. The highest BCUT2D eigenvalue weighted by Gasteiger charge is 2.35. The normalized spacial score (nSPS) is 17.7. The predicted molar refractivity (Wildman–Crippen MR) is 152 cm³/mol. The number of pyridine rings is 1. The van der Waals surface area contributed by atoms with Crippen molar-refractivity contribution in [1.82, 2.24) is 15.2 Å². The van der Waals surface area contributed by atoms with E-state index >= 15 is 0 Å². The van der Waals surface area contributed by atoms with Crippen molar-refractivity contribution in [2.45, 2.75) is 57.0 Å². The van der Waals surface area contributed by atoms with Crippen LogP contribution in [0.15, 0.2) is 67.0 Å². The molecule has 1 atom stereocenters. The van der Waals surface area contributed by atoms with E-state index in [1.807, 2.05) is 92.8 Å². The Morgan fingerprint density at radius 3 is 2.45 bits per heavy atom. The second-order valence-corrected chi connectivity index (χ2v) is 11.3. The van der Waals surface area contributed by atoms with Crippen LogP contribution >= 0.6 is 11.6 Å². The molecule has 0 bridgehead atoms. The summed E-state index contributed by atoms with van der Waals surface area (Å²) in [6.07, 6.45) is 7.18. The molecular formula is C31H35ClN4O2. The summed E-state index contributed by atoms with van der Waals surface area (Å²) in [5.41, 5.74) is 4.11. The van der Waals surface area contributed by atoms with Crippen LogP contribution in [0.5, 0.6) is 0 Å². The van der Waals surface area contributed by atoms with Crippen molar-refractivity contribution < 1.29 is 9.59 Å². The molecule has 2 aromatic carbocycles. The lowest BCUT2D eigenvalue weighted by molar-refractivity contribution is -0.126. The van der Waals surface area contributed by atoms with Crippen molar-refractivity contribution in [1.29, 1.82) is 0 Å². The van der Waals surface area contributed by atoms with Gasteiger partial charge >= 0.3 is 0 Å². The molecule has 1 N–H and O–H groups in total. The van der Waals surface area contributed by atoms with E-state index in [0.29, 0.717) is 10.6 Å². The second-order valence-electron chi connectivity index (χ2n) is 10.9. The zero-order chi connectivity index (χ0) is 26.9. The van der Waals surface area contributed by atoms with E-state index in [-0.39, 0.29) is 23.9 Å². The van der Waals surface area contributed by atoms with E-state index in [4.69, 9.17) is 11.6 Å². The summed E-state index contributed by atoms with van der Waals surface area (Å²) in [5.74, 6) is -0.0400. The lowest BCUT2D eigenvalue weighted by Gasteiger charge is -2.38. The maximum Gasteiger partial charge on any atom is 0.253 e. The molecule has 3 aromatic rings. The Morgan fingerprint density at radius 1 is 1.03 bits per heavy atom. The highest BCUT2D eigenvalue weighted by atomic mass is 35.5. The third kappa shape index (κ3) is 5.14. The Bertz CT molecular complexity index is 1320. The number of nitrogens with zero attached hydrogens (tertiary/aromatic N) is 3. The summed E-state index contributed by atoms with van der Waals surface area (Å²) in [4.78, 5) is 35.3. The van der Waals surface area contributed by atoms with Crippen molar-refractivity contribution in [2.24, 2.45) is 0 Å². The minimum absolute atomic E-state index is 0.0311. The van der Waals surface area contributed by atoms with Crippen LogP contribution in [-0.2, 0) is 16.6 Å². The number of hydrogen-bond donors (Lipinski definition) is 1. The van der Waals surface area contributed by atoms with Gasteiger partial charge in [-0.3, -0.25) is 14.6 Å². The molecule has 1 fully saturated rings. The molecule has 2 aliphatic rings. The molecule has 5 rings (SSSR count). The van der Waals surface area contributed by atoms with Crippen molar-refractivity contribution >= 4 is 29.1 Å². The first-order chi connectivity index (χ1) is 18.3. The lowest BCUT2D eigenvalue weighted by atomic mass is 9.83. The number of carbonyl (C=O) groups is 2. The van der Waals surface area contributed by atoms with Crippen LogP contribution in [0.2, 0.25) is 5.02 Å². The largest absolute Gasteiger partial charge is 0.371 e. The molecule has 6 nitrogen and oxygen atoms in total. The molecule has 2 heterocycles. The Labute approximate surface area is 230 Å². The third-order valence-electron chi connectivity index (χ3n) is 8.25. The Kier molecular flexibility index (Phi) is 7.44. The van der Waals surface area contributed by atoms with Gasteiger partial charge in [0.1, 0.15) is 0 Å². The van der Waals surface area contributed by atoms with Crippen LogP contribution in [0.3, 0.4) is 0 Å². The first-order valence-corrected chi connectivity index (χ1v) is 13.7. The molecule has 7 heteroatoms. The molecule has 1 aliphatic carbocycles. The van der Waals surface area contributed by atoms with Crippen molar-refractivity contribution in [2.75, 3.05) is 25.0 Å². The van der Waals surface area contributed by atoms with E-state index < -0.39 is 5.41 Å². The average Bonchev–Trinajstić information content (AvgIpc) is 3.34. The van der Waals surface area contributed by atoms with Gasteiger partial charge in [-0.1, -0.05) is 35.9 Å². The van der Waals surface area contributed by atoms with Crippen LogP contribution in [0.1, 0.15) is 66.2 Å². The van der Waals surface area contributed by atoms with Gasteiger partial charge in [0.25, 0.3) is 5.91 Å². The monoisotopic (exact) mass is 530 g/mol. The van der Waals surface area contributed by atoms with Crippen LogP contribution < -0.4 is 10.2 Å². The molecule has 1 aliphatic heterocycles. The topological polar surface area (TPSA) is 65.5 Å². The minimum atomic E-state index is -0.778. The van der Waals surface area contributed by atoms with E-state index in [1.165, 1.54) is 11.3 Å². The highest BCUT2D eigenvalue weighted by molar-refractivity contribution is 6.31. The number of piperidine rings is 1. The van der Waals surface area contributed by atoms with Crippen LogP contribution in [0.25, 0.3) is 0 Å². The van der Waals surface area contributed by atoms with Gasteiger partial charge in [-0.05, 0) is 86.6 Å². The number of aryl methyl sites for hydroxylation is 1. The number of carbonyl (C=O) groups excluding carboxylic acids is 2. The summed E-state index contributed by atoms with van der Waals surface area (Å²) < 4.78 is 0. The fraction of sp³-hybridized carbons (Fsp3) is 0.387. The zero-order valence-electron chi connectivity index (χ0n) is 22.3. The number of anilines is 1. The first kappa shape index (κ1) is 26.2. The molecule has 2 amide bonds. The van der Waals surface area contributed by atoms with Gasteiger partial charge in [0.05, 0.1) is 11.5 Å². The number of amides is 2. The maximum absolute atomic E-state index is 13.5. The van der Waals surface area contributed by atoms with Crippen LogP contribution in [-0.4, -0.2) is 47.9 Å². The number of aromatic nitrogens is 1. The maximum atomic E-state index is 13.5. The quantitative estimate of drug-likeness (QED) is 0.453. The van der Waals surface area contributed by atoms with E-state index in [9.17, 15) is 9.59 Å². The van der Waals surface area contributed by atoms with E-state index in [2.05, 4.69) is 15.2 Å².